The van der Waals surface area contributed by atoms with Gasteiger partial charge in [-0.15, -0.1) is 0 Å². The molecule has 0 aliphatic rings. The Hall–Kier alpha value is -4.56. The van der Waals surface area contributed by atoms with E-state index in [-0.39, 0.29) is 18.2 Å². The lowest BCUT2D eigenvalue weighted by molar-refractivity contribution is -0.299. The van der Waals surface area contributed by atoms with Gasteiger partial charge in [-0.1, -0.05) is 66.7 Å². The van der Waals surface area contributed by atoms with E-state index < -0.39 is 80.8 Å². The zero-order chi connectivity index (χ0) is 33.6. The van der Waals surface area contributed by atoms with Crippen LogP contribution in [-0.4, -0.2) is 34.9 Å². The van der Waals surface area contributed by atoms with Crippen LogP contribution in [0.5, 0.6) is 23.0 Å². The van der Waals surface area contributed by atoms with E-state index >= 15 is 52.7 Å². The highest BCUT2D eigenvalue weighted by Crippen LogP contribution is 2.66. The van der Waals surface area contributed by atoms with Gasteiger partial charge in [-0.25, -0.2) is 0 Å². The second-order valence-electron chi connectivity index (χ2n) is 9.62. The first kappa shape index (κ1) is 33.3. The summed E-state index contributed by atoms with van der Waals surface area (Å²) in [5, 5.41) is 20.7. The Labute approximate surface area is 245 Å². The molecule has 0 atom stereocenters. The molecule has 0 aromatic heterocycles. The summed E-state index contributed by atoms with van der Waals surface area (Å²) >= 11 is 0. The Morgan fingerprint density at radius 2 is 0.778 bits per heavy atom. The van der Waals surface area contributed by atoms with Crippen molar-refractivity contribution in [2.45, 2.75) is 35.5 Å². The Kier molecular flexibility index (Phi) is 8.23. The number of aromatic hydroxyl groups is 2. The maximum atomic E-state index is 15.3. The molecule has 0 bridgehead atoms. The van der Waals surface area contributed by atoms with Crippen LogP contribution in [-0.2, 0) is 10.8 Å². The van der Waals surface area contributed by atoms with E-state index in [2.05, 4.69) is 0 Å². The molecule has 0 aliphatic carbocycles. The maximum Gasteiger partial charge on any atom is 0.411 e. The van der Waals surface area contributed by atoms with Gasteiger partial charge in [0.15, 0.2) is 0 Å². The van der Waals surface area contributed by atoms with Crippen LogP contribution in [0.2, 0.25) is 0 Å². The molecule has 0 saturated heterocycles. The number of phenolic OH excluding ortho intramolecular Hbond substituents is 2. The first-order chi connectivity index (χ1) is 20.7. The van der Waals surface area contributed by atoms with Gasteiger partial charge < -0.3 is 14.9 Å². The molecule has 0 spiro atoms. The molecule has 0 aliphatic heterocycles. The van der Waals surface area contributed by atoms with Crippen molar-refractivity contribution in [2.75, 3.05) is 0 Å². The van der Waals surface area contributed by atoms with E-state index in [0.717, 1.165) is 24.3 Å². The predicted octanol–water partition coefficient (Wildman–Crippen LogP) is 9.71. The number of hydrogen-bond donors (Lipinski definition) is 2. The maximum absolute atomic E-state index is 15.3. The molecule has 4 aromatic carbocycles. The third kappa shape index (κ3) is 5.17. The molecule has 0 heterocycles. The van der Waals surface area contributed by atoms with E-state index in [1.165, 1.54) is 18.2 Å². The molecular formula is C30H18F12O3. The summed E-state index contributed by atoms with van der Waals surface area (Å²) in [4.78, 5) is 0. The first-order valence-electron chi connectivity index (χ1n) is 12.4. The molecular weight excluding hydrogens is 636 g/mol. The molecule has 240 valence electrons. The first-order valence-corrected chi connectivity index (χ1v) is 12.4. The topological polar surface area (TPSA) is 49.7 Å². The smallest absolute Gasteiger partial charge is 0.411 e. The standard InChI is InChI=1S/C30H18F12O3/c31-27(32,33)25(28(34,35)36,18-11-4-6-14-21(18)43)20-13-8-16-23(45-17-9-2-1-3-10-17)24(20)26(29(37,38)39,30(40,41)42)19-12-5-7-15-22(19)44/h1-16,43-44H. The Balaban J connectivity index is 2.42. The van der Waals surface area contributed by atoms with Gasteiger partial charge in [0.25, 0.3) is 0 Å². The molecule has 0 radical (unpaired) electrons. The van der Waals surface area contributed by atoms with Gasteiger partial charge >= 0.3 is 24.7 Å². The number of ether oxygens (including phenoxy) is 1. The van der Waals surface area contributed by atoms with E-state index in [9.17, 15) is 10.2 Å². The van der Waals surface area contributed by atoms with Crippen molar-refractivity contribution in [3.05, 3.63) is 119 Å². The van der Waals surface area contributed by atoms with E-state index in [4.69, 9.17) is 4.74 Å². The van der Waals surface area contributed by atoms with Crippen LogP contribution in [0.1, 0.15) is 22.3 Å². The van der Waals surface area contributed by atoms with Crippen molar-refractivity contribution >= 4 is 0 Å². The predicted molar refractivity (Wildman–Crippen MR) is 135 cm³/mol. The van der Waals surface area contributed by atoms with Gasteiger partial charge in [-0.05, 0) is 35.9 Å². The number of para-hydroxylation sites is 3. The number of phenols is 2. The quantitative estimate of drug-likeness (QED) is 0.204. The van der Waals surface area contributed by atoms with Gasteiger partial charge in [0.1, 0.15) is 23.0 Å². The lowest BCUT2D eigenvalue weighted by Gasteiger charge is -2.45. The van der Waals surface area contributed by atoms with Gasteiger partial charge in [-0.3, -0.25) is 0 Å². The highest BCUT2D eigenvalue weighted by molar-refractivity contribution is 5.64. The fourth-order valence-corrected chi connectivity index (χ4v) is 5.31. The van der Waals surface area contributed by atoms with Gasteiger partial charge in [0, 0.05) is 16.7 Å². The molecule has 0 fully saturated rings. The van der Waals surface area contributed by atoms with Crippen molar-refractivity contribution < 1.29 is 67.6 Å². The summed E-state index contributed by atoms with van der Waals surface area (Å²) in [5.74, 6) is -5.75. The van der Waals surface area contributed by atoms with Crippen molar-refractivity contribution in [2.24, 2.45) is 0 Å². The summed E-state index contributed by atoms with van der Waals surface area (Å²) in [5.41, 5.74) is -21.0. The lowest BCUT2D eigenvalue weighted by atomic mass is 9.63. The number of hydrogen-bond acceptors (Lipinski definition) is 3. The number of halogens is 12. The van der Waals surface area contributed by atoms with Gasteiger partial charge in [0.05, 0.1) is 0 Å². The molecule has 0 unspecified atom stereocenters. The monoisotopic (exact) mass is 654 g/mol. The third-order valence-corrected chi connectivity index (χ3v) is 7.09. The highest BCUT2D eigenvalue weighted by Gasteiger charge is 2.79. The minimum absolute atomic E-state index is 0.0717. The summed E-state index contributed by atoms with van der Waals surface area (Å²) in [6.45, 7) is 0. The van der Waals surface area contributed by atoms with Crippen molar-refractivity contribution in [1.82, 2.24) is 0 Å². The van der Waals surface area contributed by atoms with Gasteiger partial charge in [-0.2, -0.15) is 52.7 Å². The highest BCUT2D eigenvalue weighted by atomic mass is 19.4. The second-order valence-corrected chi connectivity index (χ2v) is 9.62. The fraction of sp³-hybridized carbons (Fsp3) is 0.200. The zero-order valence-electron chi connectivity index (χ0n) is 22.1. The lowest BCUT2D eigenvalue weighted by Crippen LogP contribution is -2.60. The number of alkyl halides is 12. The minimum Gasteiger partial charge on any atom is -0.508 e. The molecule has 4 aromatic rings. The number of rotatable bonds is 6. The van der Waals surface area contributed by atoms with Gasteiger partial charge in [0.2, 0.25) is 10.8 Å². The zero-order valence-corrected chi connectivity index (χ0v) is 22.1. The molecule has 0 saturated carbocycles. The summed E-state index contributed by atoms with van der Waals surface area (Å²) < 4.78 is 188. The largest absolute Gasteiger partial charge is 0.508 e. The van der Waals surface area contributed by atoms with Crippen LogP contribution in [0, 0.1) is 0 Å². The average molecular weight is 654 g/mol. The Morgan fingerprint density at radius 3 is 1.20 bits per heavy atom. The number of benzene rings is 4. The Bertz CT molecular complexity index is 1630. The van der Waals surface area contributed by atoms with E-state index in [1.807, 2.05) is 0 Å². The Morgan fingerprint density at radius 1 is 0.400 bits per heavy atom. The van der Waals surface area contributed by atoms with E-state index in [1.54, 1.807) is 0 Å². The molecule has 15 heteroatoms. The van der Waals surface area contributed by atoms with E-state index in [0.29, 0.717) is 36.4 Å². The molecule has 2 N–H and O–H groups in total. The second kappa shape index (κ2) is 11.1. The van der Waals surface area contributed by atoms with Crippen LogP contribution in [0.3, 0.4) is 0 Å². The summed E-state index contributed by atoms with van der Waals surface area (Å²) in [7, 11) is 0. The summed E-state index contributed by atoms with van der Waals surface area (Å²) in [6.07, 6.45) is -27.1. The molecule has 3 nitrogen and oxygen atoms in total. The van der Waals surface area contributed by atoms with Crippen LogP contribution in [0.25, 0.3) is 0 Å². The summed E-state index contributed by atoms with van der Waals surface area (Å²) in [6, 6.07) is 9.73. The van der Waals surface area contributed by atoms with Crippen molar-refractivity contribution in [3.8, 4) is 23.0 Å². The average Bonchev–Trinajstić information content (AvgIpc) is 2.90. The van der Waals surface area contributed by atoms with Crippen LogP contribution < -0.4 is 4.74 Å². The third-order valence-electron chi connectivity index (χ3n) is 7.09. The molecule has 45 heavy (non-hydrogen) atoms. The molecule has 4 rings (SSSR count). The fourth-order valence-electron chi connectivity index (χ4n) is 5.31. The SMILES string of the molecule is Oc1ccccc1C(c1cccc(Oc2ccccc2)c1C(c1ccccc1O)(C(F)(F)F)C(F)(F)F)(C(F)(F)F)C(F)(F)F. The van der Waals surface area contributed by atoms with Crippen LogP contribution >= 0.6 is 0 Å². The van der Waals surface area contributed by atoms with Crippen LogP contribution in [0.15, 0.2) is 97.1 Å². The van der Waals surface area contributed by atoms with Crippen molar-refractivity contribution in [3.63, 3.8) is 0 Å². The van der Waals surface area contributed by atoms with Crippen molar-refractivity contribution in [1.29, 1.82) is 0 Å². The normalized spacial score (nSPS) is 13.5. The van der Waals surface area contributed by atoms with Crippen LogP contribution in [0.4, 0.5) is 52.7 Å². The molecule has 0 amide bonds. The minimum atomic E-state index is -6.78.